The van der Waals surface area contributed by atoms with E-state index in [2.05, 4.69) is 16.0 Å². The summed E-state index contributed by atoms with van der Waals surface area (Å²) < 4.78 is 27.0. The third kappa shape index (κ3) is 8.14. The summed E-state index contributed by atoms with van der Waals surface area (Å²) in [6, 6.07) is -3.80. The number of halogens is 2. The van der Waals surface area contributed by atoms with E-state index in [1.54, 1.807) is 27.7 Å². The predicted octanol–water partition coefficient (Wildman–Crippen LogP) is 1.67. The molecule has 1 aliphatic heterocycles. The summed E-state index contributed by atoms with van der Waals surface area (Å²) in [4.78, 5) is 64.0. The van der Waals surface area contributed by atoms with Gasteiger partial charge in [-0.15, -0.1) is 0 Å². The number of hydrogen-bond donors (Lipinski definition) is 4. The Labute approximate surface area is 203 Å². The van der Waals surface area contributed by atoms with Gasteiger partial charge in [-0.2, -0.15) is 0 Å². The highest BCUT2D eigenvalue weighted by Gasteiger charge is 2.46. The van der Waals surface area contributed by atoms with Crippen LogP contribution in [0.25, 0.3) is 0 Å². The summed E-state index contributed by atoms with van der Waals surface area (Å²) in [7, 11) is 0. The van der Waals surface area contributed by atoms with Gasteiger partial charge in [-0.05, 0) is 43.9 Å². The van der Waals surface area contributed by atoms with Crippen molar-refractivity contribution in [1.29, 1.82) is 0 Å². The summed E-state index contributed by atoms with van der Waals surface area (Å²) in [5, 5.41) is 16.3. The first-order chi connectivity index (χ1) is 16.0. The average Bonchev–Trinajstić information content (AvgIpc) is 3.44. The smallest absolute Gasteiger partial charge is 0.405 e. The van der Waals surface area contributed by atoms with Crippen molar-refractivity contribution in [3.8, 4) is 0 Å². The highest BCUT2D eigenvalue weighted by atomic mass is 19.3. The van der Waals surface area contributed by atoms with Gasteiger partial charge in [0.15, 0.2) is 0 Å². The molecule has 4 N–H and O–H groups in total. The molecule has 2 fully saturated rings. The molecular weight excluding hydrogens is 466 g/mol. The van der Waals surface area contributed by atoms with Crippen LogP contribution >= 0.6 is 0 Å². The van der Waals surface area contributed by atoms with Crippen molar-refractivity contribution in [2.45, 2.75) is 96.8 Å². The van der Waals surface area contributed by atoms with Crippen molar-refractivity contribution >= 4 is 29.6 Å². The largest absolute Gasteiger partial charge is 0.465 e. The normalized spacial score (nSPS) is 22.2. The fourth-order valence-corrected chi connectivity index (χ4v) is 4.10. The molecule has 0 radical (unpaired) electrons. The zero-order chi connectivity index (χ0) is 26.7. The first-order valence-electron chi connectivity index (χ1n) is 11.8. The van der Waals surface area contributed by atoms with Gasteiger partial charge in [0.2, 0.25) is 23.5 Å². The molecule has 12 heteroatoms. The Morgan fingerprint density at radius 2 is 1.63 bits per heavy atom. The molecule has 35 heavy (non-hydrogen) atoms. The Balaban J connectivity index is 2.22. The van der Waals surface area contributed by atoms with E-state index in [9.17, 15) is 37.9 Å². The van der Waals surface area contributed by atoms with E-state index in [0.29, 0.717) is 13.3 Å². The van der Waals surface area contributed by atoms with E-state index in [4.69, 9.17) is 0 Å². The molecule has 3 unspecified atom stereocenters. The standard InChI is InChI=1S/C23H36F2N4O6/c1-12-9-11-29(20(33)17(22(2,3)4)28-21(34)35)15(12)18(31)27-14(8-10-23(5,24)25)16(30)19(32)26-13-6-7-13/h12-15,17,28H,6-11H2,1-5H3,(H,26,32)(H,27,31)(H,34,35)/t12?,14?,15?,17-/m1/s1. The summed E-state index contributed by atoms with van der Waals surface area (Å²) in [5.41, 5.74) is -0.797. The van der Waals surface area contributed by atoms with Crippen molar-refractivity contribution < 1.29 is 37.9 Å². The van der Waals surface area contributed by atoms with Crippen LogP contribution in [0.15, 0.2) is 0 Å². The highest BCUT2D eigenvalue weighted by molar-refractivity contribution is 6.38. The number of carbonyl (C=O) groups is 5. The molecule has 0 aromatic heterocycles. The van der Waals surface area contributed by atoms with E-state index in [0.717, 1.165) is 12.8 Å². The van der Waals surface area contributed by atoms with E-state index < -0.39 is 71.9 Å². The third-order valence-corrected chi connectivity index (χ3v) is 6.27. The maximum Gasteiger partial charge on any atom is 0.405 e. The van der Waals surface area contributed by atoms with Crippen molar-refractivity contribution in [2.75, 3.05) is 6.54 Å². The van der Waals surface area contributed by atoms with E-state index in [1.807, 2.05) is 0 Å². The minimum atomic E-state index is -3.11. The minimum Gasteiger partial charge on any atom is -0.465 e. The van der Waals surface area contributed by atoms with Crippen LogP contribution in [-0.2, 0) is 19.2 Å². The molecule has 0 spiro atoms. The van der Waals surface area contributed by atoms with Crippen LogP contribution in [0.1, 0.15) is 66.7 Å². The molecule has 1 aliphatic carbocycles. The number of nitrogens with zero attached hydrogens (tertiary/aromatic N) is 1. The van der Waals surface area contributed by atoms with Crippen LogP contribution in [0.3, 0.4) is 0 Å². The summed E-state index contributed by atoms with van der Waals surface area (Å²) in [6.45, 7) is 7.63. The molecule has 198 valence electrons. The van der Waals surface area contributed by atoms with Crippen LogP contribution in [0.4, 0.5) is 13.6 Å². The van der Waals surface area contributed by atoms with Crippen LogP contribution in [0.2, 0.25) is 0 Å². The fourth-order valence-electron chi connectivity index (χ4n) is 4.10. The molecule has 2 aliphatic rings. The average molecular weight is 503 g/mol. The van der Waals surface area contributed by atoms with Crippen LogP contribution in [0.5, 0.6) is 0 Å². The highest BCUT2D eigenvalue weighted by Crippen LogP contribution is 2.29. The number of nitrogens with one attached hydrogen (secondary N) is 3. The molecule has 4 atom stereocenters. The molecule has 2 rings (SSSR count). The Morgan fingerprint density at radius 3 is 2.11 bits per heavy atom. The molecule has 1 saturated heterocycles. The SMILES string of the molecule is CC1CCN(C(=O)[C@@H](NC(=O)O)C(C)(C)C)C1C(=O)NC(CCC(C)(F)F)C(=O)C(=O)NC1CC1. The summed E-state index contributed by atoms with van der Waals surface area (Å²) in [6.07, 6.45) is -0.677. The minimum absolute atomic E-state index is 0.130. The van der Waals surface area contributed by atoms with Crippen molar-refractivity contribution in [1.82, 2.24) is 20.9 Å². The lowest BCUT2D eigenvalue weighted by molar-refractivity contribution is -0.144. The maximum absolute atomic E-state index is 13.5. The fraction of sp³-hybridized carbons (Fsp3) is 0.783. The quantitative estimate of drug-likeness (QED) is 0.335. The van der Waals surface area contributed by atoms with Crippen LogP contribution < -0.4 is 16.0 Å². The first kappa shape index (κ1) is 28.4. The zero-order valence-corrected chi connectivity index (χ0v) is 20.8. The Kier molecular flexibility index (Phi) is 8.83. The second kappa shape index (κ2) is 10.9. The molecule has 4 amide bonds. The number of hydrogen-bond acceptors (Lipinski definition) is 5. The van der Waals surface area contributed by atoms with Crippen molar-refractivity contribution in [2.24, 2.45) is 11.3 Å². The van der Waals surface area contributed by atoms with Gasteiger partial charge in [-0.1, -0.05) is 27.7 Å². The number of ketones is 1. The predicted molar refractivity (Wildman–Crippen MR) is 122 cm³/mol. The van der Waals surface area contributed by atoms with Crippen molar-refractivity contribution in [3.05, 3.63) is 0 Å². The van der Waals surface area contributed by atoms with Gasteiger partial charge in [0.1, 0.15) is 12.1 Å². The van der Waals surface area contributed by atoms with Crippen LogP contribution in [0, 0.1) is 11.3 Å². The van der Waals surface area contributed by atoms with Gasteiger partial charge >= 0.3 is 6.09 Å². The first-order valence-corrected chi connectivity index (χ1v) is 11.8. The topological polar surface area (TPSA) is 145 Å². The number of carbonyl (C=O) groups excluding carboxylic acids is 4. The molecule has 1 saturated carbocycles. The van der Waals surface area contributed by atoms with Gasteiger partial charge in [0, 0.05) is 19.0 Å². The van der Waals surface area contributed by atoms with E-state index in [1.165, 1.54) is 4.90 Å². The van der Waals surface area contributed by atoms with Crippen LogP contribution in [-0.4, -0.2) is 76.2 Å². The molecule has 0 aromatic rings. The second-order valence-electron chi connectivity index (χ2n) is 10.8. The number of rotatable bonds is 10. The van der Waals surface area contributed by atoms with Gasteiger partial charge in [-0.25, -0.2) is 13.6 Å². The Bertz CT molecular complexity index is 850. The number of Topliss-reactive ketones (excluding diaryl/α,β-unsaturated/α-hetero) is 1. The Morgan fingerprint density at radius 1 is 1.03 bits per heavy atom. The molecule has 0 bridgehead atoms. The summed E-state index contributed by atoms with van der Waals surface area (Å²) in [5.74, 6) is -6.75. The number of amides is 4. The van der Waals surface area contributed by atoms with Gasteiger partial charge in [0.25, 0.3) is 5.91 Å². The van der Waals surface area contributed by atoms with Gasteiger partial charge < -0.3 is 26.0 Å². The monoisotopic (exact) mass is 502 g/mol. The summed E-state index contributed by atoms with van der Waals surface area (Å²) >= 11 is 0. The maximum atomic E-state index is 13.5. The molecule has 1 heterocycles. The molecular formula is C23H36F2N4O6. The van der Waals surface area contributed by atoms with E-state index in [-0.39, 0.29) is 18.5 Å². The zero-order valence-electron chi connectivity index (χ0n) is 20.8. The third-order valence-electron chi connectivity index (χ3n) is 6.27. The lowest BCUT2D eigenvalue weighted by atomic mass is 9.85. The number of alkyl halides is 2. The Hall–Kier alpha value is -2.79. The van der Waals surface area contributed by atoms with Gasteiger partial charge in [-0.3, -0.25) is 19.2 Å². The van der Waals surface area contributed by atoms with Crippen molar-refractivity contribution in [3.63, 3.8) is 0 Å². The second-order valence-corrected chi connectivity index (χ2v) is 10.8. The van der Waals surface area contributed by atoms with Gasteiger partial charge in [0.05, 0.1) is 6.04 Å². The lowest BCUT2D eigenvalue weighted by Gasteiger charge is -2.35. The number of carboxylic acid groups (broad SMARTS) is 1. The lowest BCUT2D eigenvalue weighted by Crippen LogP contribution is -2.59. The number of likely N-dealkylation sites (tertiary alicyclic amines) is 1. The molecule has 0 aromatic carbocycles. The van der Waals surface area contributed by atoms with E-state index >= 15 is 0 Å². The molecule has 10 nitrogen and oxygen atoms in total.